The van der Waals surface area contributed by atoms with E-state index >= 15 is 0 Å². The van der Waals surface area contributed by atoms with Gasteiger partial charge in [-0.3, -0.25) is 24.2 Å². The lowest BCUT2D eigenvalue weighted by atomic mass is 10.0. The van der Waals surface area contributed by atoms with E-state index in [0.717, 1.165) is 44.0 Å². The van der Waals surface area contributed by atoms with E-state index in [2.05, 4.69) is 31.5 Å². The van der Waals surface area contributed by atoms with E-state index in [-0.39, 0.29) is 17.8 Å². The second-order valence-corrected chi connectivity index (χ2v) is 9.23. The van der Waals surface area contributed by atoms with E-state index in [1.54, 1.807) is 31.2 Å². The second kappa shape index (κ2) is 11.4. The fourth-order valence-corrected chi connectivity index (χ4v) is 4.78. The van der Waals surface area contributed by atoms with Crippen molar-refractivity contribution in [2.24, 2.45) is 0 Å². The maximum absolute atomic E-state index is 13.0. The number of nitriles is 1. The SMILES string of the molecule is CCOC(=O)CN1CCN(CCNC(=O)c2c(C)[nH]c(/C=C3\C(=O)Nc4ccc(C#N)cc43)c2C)CC1. The van der Waals surface area contributed by atoms with Crippen molar-refractivity contribution in [3.8, 4) is 6.07 Å². The summed E-state index contributed by atoms with van der Waals surface area (Å²) in [7, 11) is 0. The zero-order valence-corrected chi connectivity index (χ0v) is 21.4. The first kappa shape index (κ1) is 26.1. The van der Waals surface area contributed by atoms with Crippen LogP contribution in [0, 0.1) is 25.2 Å². The topological polar surface area (TPSA) is 131 Å². The van der Waals surface area contributed by atoms with Gasteiger partial charge in [0.25, 0.3) is 11.8 Å². The molecule has 1 aromatic heterocycles. The Morgan fingerprint density at radius 2 is 1.92 bits per heavy atom. The van der Waals surface area contributed by atoms with Crippen LogP contribution in [0.4, 0.5) is 5.69 Å². The summed E-state index contributed by atoms with van der Waals surface area (Å²) in [6.45, 7) is 10.6. The lowest BCUT2D eigenvalue weighted by Crippen LogP contribution is -2.49. The highest BCUT2D eigenvalue weighted by atomic mass is 16.5. The van der Waals surface area contributed by atoms with Crippen molar-refractivity contribution in [2.75, 3.05) is 57.7 Å². The number of rotatable bonds is 8. The molecule has 3 N–H and O–H groups in total. The summed E-state index contributed by atoms with van der Waals surface area (Å²) in [6.07, 6.45) is 1.73. The number of esters is 1. The molecule has 1 aromatic carbocycles. The van der Waals surface area contributed by atoms with Crippen LogP contribution in [0.2, 0.25) is 0 Å². The number of hydrogen-bond donors (Lipinski definition) is 3. The summed E-state index contributed by atoms with van der Waals surface area (Å²) in [6, 6.07) is 7.18. The molecule has 0 saturated carbocycles. The van der Waals surface area contributed by atoms with Crippen molar-refractivity contribution in [3.63, 3.8) is 0 Å². The van der Waals surface area contributed by atoms with Crippen LogP contribution in [0.1, 0.15) is 45.4 Å². The minimum absolute atomic E-state index is 0.167. The molecule has 1 fully saturated rings. The van der Waals surface area contributed by atoms with E-state index in [1.807, 2.05) is 13.8 Å². The van der Waals surface area contributed by atoms with E-state index in [9.17, 15) is 19.6 Å². The smallest absolute Gasteiger partial charge is 0.320 e. The molecule has 0 spiro atoms. The molecule has 0 radical (unpaired) electrons. The summed E-state index contributed by atoms with van der Waals surface area (Å²) in [5, 5.41) is 15.1. The summed E-state index contributed by atoms with van der Waals surface area (Å²) in [4.78, 5) is 44.8. The monoisotopic (exact) mass is 504 g/mol. The zero-order chi connectivity index (χ0) is 26.5. The van der Waals surface area contributed by atoms with Crippen LogP contribution in [0.15, 0.2) is 18.2 Å². The Hall–Kier alpha value is -3.94. The van der Waals surface area contributed by atoms with Crippen molar-refractivity contribution in [1.29, 1.82) is 5.26 Å². The second-order valence-electron chi connectivity index (χ2n) is 9.23. The van der Waals surface area contributed by atoms with Gasteiger partial charge in [-0.15, -0.1) is 0 Å². The normalized spacial score (nSPS) is 16.8. The maximum Gasteiger partial charge on any atom is 0.320 e. The van der Waals surface area contributed by atoms with Gasteiger partial charge in [0.2, 0.25) is 0 Å². The molecule has 0 bridgehead atoms. The van der Waals surface area contributed by atoms with E-state index in [1.165, 1.54) is 0 Å². The predicted molar refractivity (Wildman–Crippen MR) is 140 cm³/mol. The summed E-state index contributed by atoms with van der Waals surface area (Å²) < 4.78 is 5.01. The molecule has 0 unspecified atom stereocenters. The predicted octanol–water partition coefficient (Wildman–Crippen LogP) is 1.91. The third kappa shape index (κ3) is 5.90. The fourth-order valence-electron chi connectivity index (χ4n) is 4.78. The number of carbonyl (C=O) groups is 3. The molecule has 37 heavy (non-hydrogen) atoms. The summed E-state index contributed by atoms with van der Waals surface area (Å²) in [5.41, 5.74) is 4.98. The Morgan fingerprint density at radius 1 is 1.19 bits per heavy atom. The highest BCUT2D eigenvalue weighted by molar-refractivity contribution is 6.35. The number of nitrogens with zero attached hydrogens (tertiary/aromatic N) is 3. The number of anilines is 1. The number of H-pyrrole nitrogens is 1. The van der Waals surface area contributed by atoms with Crippen LogP contribution in [0.25, 0.3) is 11.6 Å². The van der Waals surface area contributed by atoms with Gasteiger partial charge in [-0.25, -0.2) is 0 Å². The number of aryl methyl sites for hydroxylation is 1. The van der Waals surface area contributed by atoms with Gasteiger partial charge in [0, 0.05) is 61.9 Å². The minimum Gasteiger partial charge on any atom is -0.465 e. The molecule has 0 aliphatic carbocycles. The van der Waals surface area contributed by atoms with Crippen LogP contribution in [-0.4, -0.2) is 85.0 Å². The van der Waals surface area contributed by atoms with Gasteiger partial charge >= 0.3 is 5.97 Å². The van der Waals surface area contributed by atoms with E-state index in [4.69, 9.17) is 4.74 Å². The number of hydrogen-bond acceptors (Lipinski definition) is 7. The van der Waals surface area contributed by atoms with Crippen LogP contribution >= 0.6 is 0 Å². The zero-order valence-electron chi connectivity index (χ0n) is 21.4. The van der Waals surface area contributed by atoms with Gasteiger partial charge in [0.1, 0.15) is 0 Å². The average molecular weight is 505 g/mol. The number of amides is 2. The van der Waals surface area contributed by atoms with Crippen molar-refractivity contribution in [2.45, 2.75) is 20.8 Å². The molecule has 2 aliphatic heterocycles. The minimum atomic E-state index is -0.245. The molecule has 2 aromatic rings. The molecule has 10 heteroatoms. The average Bonchev–Trinajstić information content (AvgIpc) is 3.34. The lowest BCUT2D eigenvalue weighted by Gasteiger charge is -2.34. The molecular weight excluding hydrogens is 472 g/mol. The first-order chi connectivity index (χ1) is 17.8. The third-order valence-electron chi connectivity index (χ3n) is 6.76. The highest BCUT2D eigenvalue weighted by Crippen LogP contribution is 2.34. The quantitative estimate of drug-likeness (QED) is 0.370. The lowest BCUT2D eigenvalue weighted by molar-refractivity contribution is -0.144. The van der Waals surface area contributed by atoms with Crippen LogP contribution in [0.3, 0.4) is 0 Å². The Labute approximate surface area is 216 Å². The Kier molecular flexibility index (Phi) is 8.06. The van der Waals surface area contributed by atoms with Gasteiger partial charge in [0.05, 0.1) is 35.9 Å². The fraction of sp³-hybridized carbons (Fsp3) is 0.407. The van der Waals surface area contributed by atoms with Crippen molar-refractivity contribution in [1.82, 2.24) is 20.1 Å². The number of nitrogens with one attached hydrogen (secondary N) is 3. The molecule has 2 amide bonds. The molecule has 4 rings (SSSR count). The Morgan fingerprint density at radius 3 is 2.62 bits per heavy atom. The first-order valence-corrected chi connectivity index (χ1v) is 12.5. The van der Waals surface area contributed by atoms with Gasteiger partial charge in [-0.2, -0.15) is 5.26 Å². The number of ether oxygens (including phenoxy) is 1. The highest BCUT2D eigenvalue weighted by Gasteiger charge is 2.26. The molecule has 3 heterocycles. The maximum atomic E-state index is 13.0. The molecule has 10 nitrogen and oxygen atoms in total. The Bertz CT molecular complexity index is 1280. The number of fused-ring (bicyclic) bond motifs is 1. The van der Waals surface area contributed by atoms with Crippen LogP contribution < -0.4 is 10.6 Å². The molecule has 2 aliphatic rings. The number of benzene rings is 1. The van der Waals surface area contributed by atoms with Gasteiger partial charge in [-0.1, -0.05) is 0 Å². The third-order valence-corrected chi connectivity index (χ3v) is 6.76. The Balaban J connectivity index is 1.35. The van der Waals surface area contributed by atoms with Gasteiger partial charge in [0.15, 0.2) is 0 Å². The number of aromatic nitrogens is 1. The van der Waals surface area contributed by atoms with Crippen molar-refractivity contribution < 1.29 is 19.1 Å². The van der Waals surface area contributed by atoms with Crippen LogP contribution in [0.5, 0.6) is 0 Å². The van der Waals surface area contributed by atoms with Crippen molar-refractivity contribution in [3.05, 3.63) is 51.8 Å². The first-order valence-electron chi connectivity index (χ1n) is 12.5. The van der Waals surface area contributed by atoms with Gasteiger partial charge in [-0.05, 0) is 50.6 Å². The van der Waals surface area contributed by atoms with E-state index < -0.39 is 0 Å². The van der Waals surface area contributed by atoms with Crippen LogP contribution in [-0.2, 0) is 14.3 Å². The molecule has 1 saturated heterocycles. The number of aromatic amines is 1. The largest absolute Gasteiger partial charge is 0.465 e. The number of piperazine rings is 1. The molecular formula is C27H32N6O4. The summed E-state index contributed by atoms with van der Waals surface area (Å²) >= 11 is 0. The molecule has 0 atom stereocenters. The van der Waals surface area contributed by atoms with Crippen molar-refractivity contribution >= 4 is 35.1 Å². The van der Waals surface area contributed by atoms with E-state index in [0.29, 0.717) is 53.3 Å². The standard InChI is InChI=1S/C27H32N6O4/c1-4-37-24(34)16-33-11-9-32(10-12-33)8-7-29-27(36)25-17(2)23(30-18(25)3)14-21-20-13-19(15-28)5-6-22(20)31-26(21)35/h5-6,13-14,30H,4,7-12,16H2,1-3H3,(H,29,36)(H,31,35)/b21-14-. The molecule has 194 valence electrons. The number of carbonyl (C=O) groups excluding carboxylic acids is 3. The summed E-state index contributed by atoms with van der Waals surface area (Å²) in [5.74, 6) is -0.606. The van der Waals surface area contributed by atoms with Gasteiger partial charge < -0.3 is 20.4 Å².